The highest BCUT2D eigenvalue weighted by atomic mass is 14.9. The maximum absolute atomic E-state index is 5.54. The monoisotopic (exact) mass is 168 g/mol. The first-order chi connectivity index (χ1) is 5.49. The van der Waals surface area contributed by atoms with Gasteiger partial charge in [-0.05, 0) is 38.0 Å². The van der Waals surface area contributed by atoms with Gasteiger partial charge in [0.15, 0.2) is 0 Å². The summed E-state index contributed by atoms with van der Waals surface area (Å²) in [5, 5.41) is 0. The highest BCUT2D eigenvalue weighted by Crippen LogP contribution is 2.36. The summed E-state index contributed by atoms with van der Waals surface area (Å²) in [6.07, 6.45) is 4.99. The molecule has 2 nitrogen and oxygen atoms in total. The van der Waals surface area contributed by atoms with Crippen LogP contribution in [0.25, 0.3) is 0 Å². The number of aliphatic imine (C=N–C) groups is 1. The summed E-state index contributed by atoms with van der Waals surface area (Å²) in [4.78, 5) is 4.40. The van der Waals surface area contributed by atoms with Gasteiger partial charge in [0.2, 0.25) is 0 Å². The van der Waals surface area contributed by atoms with Crippen LogP contribution < -0.4 is 5.73 Å². The van der Waals surface area contributed by atoms with E-state index in [1.165, 1.54) is 25.7 Å². The summed E-state index contributed by atoms with van der Waals surface area (Å²) in [6.45, 7) is 6.55. The zero-order valence-electron chi connectivity index (χ0n) is 8.43. The Kier molecular flexibility index (Phi) is 2.76. The predicted molar refractivity (Wildman–Crippen MR) is 53.3 cm³/mol. The molecule has 0 atom stereocenters. The lowest BCUT2D eigenvalue weighted by atomic mass is 9.76. The van der Waals surface area contributed by atoms with Gasteiger partial charge in [-0.25, -0.2) is 0 Å². The quantitative estimate of drug-likeness (QED) is 0.473. The average Bonchev–Trinajstić information content (AvgIpc) is 1.93. The summed E-state index contributed by atoms with van der Waals surface area (Å²) in [5.41, 5.74) is 6.08. The zero-order valence-corrected chi connectivity index (χ0v) is 8.43. The second kappa shape index (κ2) is 3.46. The van der Waals surface area contributed by atoms with Crippen LogP contribution in [0.15, 0.2) is 4.99 Å². The lowest BCUT2D eigenvalue weighted by Crippen LogP contribution is -2.24. The van der Waals surface area contributed by atoms with Crippen LogP contribution in [0.4, 0.5) is 0 Å². The molecule has 0 aromatic rings. The molecule has 0 saturated heterocycles. The van der Waals surface area contributed by atoms with Crippen molar-refractivity contribution in [3.63, 3.8) is 0 Å². The summed E-state index contributed by atoms with van der Waals surface area (Å²) in [7, 11) is 0. The van der Waals surface area contributed by atoms with Crippen LogP contribution in [0.5, 0.6) is 0 Å². The molecule has 0 heterocycles. The van der Waals surface area contributed by atoms with Crippen molar-refractivity contribution in [3.05, 3.63) is 0 Å². The van der Waals surface area contributed by atoms with E-state index in [2.05, 4.69) is 18.8 Å². The molecule has 12 heavy (non-hydrogen) atoms. The van der Waals surface area contributed by atoms with Crippen LogP contribution in [0, 0.1) is 5.41 Å². The number of rotatable bonds is 1. The largest absolute Gasteiger partial charge is 0.388 e. The Morgan fingerprint density at radius 2 is 1.83 bits per heavy atom. The lowest BCUT2D eigenvalue weighted by Gasteiger charge is -2.32. The van der Waals surface area contributed by atoms with Gasteiger partial charge in [-0.1, -0.05) is 13.8 Å². The summed E-state index contributed by atoms with van der Waals surface area (Å²) in [5.74, 6) is 0.736. The van der Waals surface area contributed by atoms with E-state index in [1.54, 1.807) is 0 Å². The Bertz CT molecular complexity index is 168. The highest BCUT2D eigenvalue weighted by Gasteiger charge is 2.26. The molecule has 0 aromatic carbocycles. The van der Waals surface area contributed by atoms with Crippen LogP contribution in [-0.2, 0) is 0 Å². The Labute approximate surface area is 75.3 Å². The van der Waals surface area contributed by atoms with Crippen LogP contribution in [0.2, 0.25) is 0 Å². The first kappa shape index (κ1) is 9.56. The first-order valence-electron chi connectivity index (χ1n) is 4.79. The Hall–Kier alpha value is -0.530. The number of nitrogens with two attached hydrogens (primary N) is 1. The van der Waals surface area contributed by atoms with Crippen molar-refractivity contribution >= 4 is 5.84 Å². The minimum absolute atomic E-state index is 0.503. The zero-order chi connectivity index (χ0) is 9.19. The van der Waals surface area contributed by atoms with Crippen molar-refractivity contribution in [1.29, 1.82) is 0 Å². The normalized spacial score (nSPS) is 25.8. The van der Waals surface area contributed by atoms with E-state index in [4.69, 9.17) is 5.73 Å². The molecule has 1 saturated carbocycles. The number of hydrogen-bond donors (Lipinski definition) is 1. The Morgan fingerprint density at radius 3 is 2.25 bits per heavy atom. The number of nitrogens with zero attached hydrogens (tertiary/aromatic N) is 1. The minimum atomic E-state index is 0.503. The van der Waals surface area contributed by atoms with E-state index in [-0.39, 0.29) is 0 Å². The fourth-order valence-electron chi connectivity index (χ4n) is 1.80. The standard InChI is InChI=1S/C10H20N2/c1-8(11)12-9-4-6-10(2,3)7-5-9/h9H,4-7H2,1-3H3,(H2,11,12). The summed E-state index contributed by atoms with van der Waals surface area (Å²) in [6, 6.07) is 0.503. The number of amidine groups is 1. The van der Waals surface area contributed by atoms with E-state index in [0.29, 0.717) is 11.5 Å². The van der Waals surface area contributed by atoms with Crippen molar-refractivity contribution < 1.29 is 0 Å². The van der Waals surface area contributed by atoms with Gasteiger partial charge in [-0.15, -0.1) is 0 Å². The number of hydrogen-bond acceptors (Lipinski definition) is 1. The molecular formula is C10H20N2. The lowest BCUT2D eigenvalue weighted by molar-refractivity contribution is 0.226. The molecule has 1 aliphatic carbocycles. The third-order valence-electron chi connectivity index (χ3n) is 2.69. The van der Waals surface area contributed by atoms with Crippen LogP contribution in [0.1, 0.15) is 46.5 Å². The molecule has 0 aromatic heterocycles. The van der Waals surface area contributed by atoms with Crippen molar-refractivity contribution in [2.24, 2.45) is 16.1 Å². The molecule has 1 fully saturated rings. The maximum atomic E-state index is 5.54. The van der Waals surface area contributed by atoms with E-state index in [0.717, 1.165) is 5.84 Å². The topological polar surface area (TPSA) is 38.4 Å². The molecule has 1 aliphatic rings. The van der Waals surface area contributed by atoms with Crippen LogP contribution >= 0.6 is 0 Å². The fraction of sp³-hybridized carbons (Fsp3) is 0.900. The molecule has 0 spiro atoms. The van der Waals surface area contributed by atoms with E-state index in [9.17, 15) is 0 Å². The molecule has 0 aliphatic heterocycles. The van der Waals surface area contributed by atoms with E-state index >= 15 is 0 Å². The van der Waals surface area contributed by atoms with Gasteiger partial charge < -0.3 is 5.73 Å². The molecule has 0 radical (unpaired) electrons. The minimum Gasteiger partial charge on any atom is -0.388 e. The van der Waals surface area contributed by atoms with Crippen molar-refractivity contribution in [2.75, 3.05) is 0 Å². The third-order valence-corrected chi connectivity index (χ3v) is 2.69. The molecule has 0 amide bonds. The summed E-state index contributed by atoms with van der Waals surface area (Å²) >= 11 is 0. The van der Waals surface area contributed by atoms with Gasteiger partial charge in [0.05, 0.1) is 11.9 Å². The van der Waals surface area contributed by atoms with Crippen LogP contribution in [0.3, 0.4) is 0 Å². The Morgan fingerprint density at radius 1 is 1.33 bits per heavy atom. The van der Waals surface area contributed by atoms with Gasteiger partial charge in [0.25, 0.3) is 0 Å². The molecule has 2 N–H and O–H groups in total. The SMILES string of the molecule is CC(N)=NC1CCC(C)(C)CC1. The summed E-state index contributed by atoms with van der Waals surface area (Å²) < 4.78 is 0. The van der Waals surface area contributed by atoms with Gasteiger partial charge in [0.1, 0.15) is 0 Å². The smallest absolute Gasteiger partial charge is 0.0909 e. The van der Waals surface area contributed by atoms with Crippen molar-refractivity contribution in [1.82, 2.24) is 0 Å². The van der Waals surface area contributed by atoms with Gasteiger partial charge in [-0.2, -0.15) is 0 Å². The molecule has 0 unspecified atom stereocenters. The van der Waals surface area contributed by atoms with Crippen LogP contribution in [-0.4, -0.2) is 11.9 Å². The molecular weight excluding hydrogens is 148 g/mol. The highest BCUT2D eigenvalue weighted by molar-refractivity contribution is 5.77. The van der Waals surface area contributed by atoms with Gasteiger partial charge in [-0.3, -0.25) is 4.99 Å². The van der Waals surface area contributed by atoms with Crippen molar-refractivity contribution in [2.45, 2.75) is 52.5 Å². The fourth-order valence-corrected chi connectivity index (χ4v) is 1.80. The Balaban J connectivity index is 2.42. The second-order valence-corrected chi connectivity index (χ2v) is 4.67. The molecule has 0 bridgehead atoms. The predicted octanol–water partition coefficient (Wildman–Crippen LogP) is 2.33. The maximum Gasteiger partial charge on any atom is 0.0909 e. The molecule has 70 valence electrons. The average molecular weight is 168 g/mol. The second-order valence-electron chi connectivity index (χ2n) is 4.67. The van der Waals surface area contributed by atoms with Crippen molar-refractivity contribution in [3.8, 4) is 0 Å². The molecule has 2 heteroatoms. The molecule has 1 rings (SSSR count). The first-order valence-corrected chi connectivity index (χ1v) is 4.79. The van der Waals surface area contributed by atoms with Gasteiger partial charge >= 0.3 is 0 Å². The third kappa shape index (κ3) is 2.84. The van der Waals surface area contributed by atoms with Gasteiger partial charge in [0, 0.05) is 0 Å². The van der Waals surface area contributed by atoms with E-state index < -0.39 is 0 Å². The van der Waals surface area contributed by atoms with E-state index in [1.807, 2.05) is 6.92 Å².